The lowest BCUT2D eigenvalue weighted by atomic mass is 9.90. The Morgan fingerprint density at radius 3 is 2.76 bits per heavy atom. The molecular formula is C14H16O3. The highest BCUT2D eigenvalue weighted by Gasteiger charge is 2.34. The highest BCUT2D eigenvalue weighted by molar-refractivity contribution is 5.17. The quantitative estimate of drug-likeness (QED) is 0.753. The van der Waals surface area contributed by atoms with E-state index >= 15 is 0 Å². The minimum atomic E-state index is -0.384. The molecule has 1 aliphatic heterocycles. The van der Waals surface area contributed by atoms with Crippen LogP contribution in [0.3, 0.4) is 0 Å². The number of hydrogen-bond donors (Lipinski definition) is 1. The molecule has 4 atom stereocenters. The van der Waals surface area contributed by atoms with Crippen LogP contribution >= 0.6 is 0 Å². The van der Waals surface area contributed by atoms with E-state index < -0.39 is 0 Å². The summed E-state index contributed by atoms with van der Waals surface area (Å²) in [7, 11) is 0. The molecule has 0 radical (unpaired) electrons. The molecule has 1 fully saturated rings. The van der Waals surface area contributed by atoms with Gasteiger partial charge in [0.05, 0.1) is 18.8 Å². The molecule has 0 aromatic heterocycles. The molecule has 1 saturated heterocycles. The van der Waals surface area contributed by atoms with E-state index in [1.807, 2.05) is 42.5 Å². The van der Waals surface area contributed by atoms with Gasteiger partial charge in [0.25, 0.3) is 0 Å². The molecule has 2 aliphatic rings. The summed E-state index contributed by atoms with van der Waals surface area (Å²) in [5.41, 5.74) is 1.04. The molecule has 0 spiro atoms. The summed E-state index contributed by atoms with van der Waals surface area (Å²) in [4.78, 5) is 0. The van der Waals surface area contributed by atoms with Gasteiger partial charge in [-0.1, -0.05) is 42.5 Å². The fraction of sp³-hybridized carbons (Fsp3) is 0.429. The van der Waals surface area contributed by atoms with Gasteiger partial charge in [0.15, 0.2) is 6.29 Å². The maximum absolute atomic E-state index is 9.60. The van der Waals surface area contributed by atoms with Crippen molar-refractivity contribution in [2.45, 2.75) is 24.9 Å². The predicted octanol–water partition coefficient (Wildman–Crippen LogP) is 2.04. The van der Waals surface area contributed by atoms with Crippen molar-refractivity contribution in [3.8, 4) is 0 Å². The van der Waals surface area contributed by atoms with Gasteiger partial charge in [-0.2, -0.15) is 0 Å². The molecular weight excluding hydrogens is 216 g/mol. The summed E-state index contributed by atoms with van der Waals surface area (Å²) in [6, 6.07) is 9.93. The van der Waals surface area contributed by atoms with Gasteiger partial charge in [-0.25, -0.2) is 0 Å². The molecule has 1 aromatic carbocycles. The van der Waals surface area contributed by atoms with E-state index in [9.17, 15) is 5.11 Å². The van der Waals surface area contributed by atoms with Crippen LogP contribution in [-0.4, -0.2) is 23.9 Å². The van der Waals surface area contributed by atoms with Crippen LogP contribution < -0.4 is 0 Å². The average molecular weight is 232 g/mol. The zero-order valence-electron chi connectivity index (χ0n) is 9.53. The Morgan fingerprint density at radius 1 is 1.12 bits per heavy atom. The normalized spacial score (nSPS) is 36.5. The fourth-order valence-corrected chi connectivity index (χ4v) is 2.39. The average Bonchev–Trinajstić information content (AvgIpc) is 2.39. The number of rotatable bonds is 1. The van der Waals surface area contributed by atoms with Crippen molar-refractivity contribution < 1.29 is 14.6 Å². The maximum atomic E-state index is 9.60. The van der Waals surface area contributed by atoms with E-state index in [2.05, 4.69) is 0 Å². The van der Waals surface area contributed by atoms with Crippen LogP contribution in [0.5, 0.6) is 0 Å². The van der Waals surface area contributed by atoms with E-state index in [0.717, 1.165) is 5.56 Å². The largest absolute Gasteiger partial charge is 0.389 e. The molecule has 3 rings (SSSR count). The monoisotopic (exact) mass is 232 g/mol. The molecule has 0 saturated carbocycles. The summed E-state index contributed by atoms with van der Waals surface area (Å²) < 4.78 is 11.6. The molecule has 0 bridgehead atoms. The van der Waals surface area contributed by atoms with Crippen LogP contribution in [-0.2, 0) is 9.47 Å². The third kappa shape index (κ3) is 2.27. The van der Waals surface area contributed by atoms with Gasteiger partial charge in [0.1, 0.15) is 0 Å². The van der Waals surface area contributed by atoms with Crippen LogP contribution in [0.2, 0.25) is 0 Å². The number of fused-ring (bicyclic) bond motifs is 1. The van der Waals surface area contributed by atoms with Gasteiger partial charge in [0, 0.05) is 17.9 Å². The topological polar surface area (TPSA) is 38.7 Å². The van der Waals surface area contributed by atoms with Gasteiger partial charge in [-0.3, -0.25) is 0 Å². The smallest absolute Gasteiger partial charge is 0.184 e. The predicted molar refractivity (Wildman–Crippen MR) is 63.3 cm³/mol. The van der Waals surface area contributed by atoms with Gasteiger partial charge in [-0.15, -0.1) is 0 Å². The van der Waals surface area contributed by atoms with E-state index in [-0.39, 0.29) is 24.4 Å². The van der Waals surface area contributed by atoms with Crippen LogP contribution in [0.4, 0.5) is 0 Å². The first-order chi connectivity index (χ1) is 8.33. The Morgan fingerprint density at radius 2 is 1.94 bits per heavy atom. The Labute approximate surface area is 101 Å². The summed E-state index contributed by atoms with van der Waals surface area (Å²) in [5, 5.41) is 9.60. The number of benzene rings is 1. The summed E-state index contributed by atoms with van der Waals surface area (Å²) in [6.45, 7) is 0.660. The van der Waals surface area contributed by atoms with Crippen LogP contribution in [0, 0.1) is 5.92 Å². The van der Waals surface area contributed by atoms with Crippen LogP contribution in [0.1, 0.15) is 18.3 Å². The van der Waals surface area contributed by atoms with Crippen molar-refractivity contribution >= 4 is 0 Å². The second-order valence-corrected chi connectivity index (χ2v) is 4.60. The van der Waals surface area contributed by atoms with Crippen molar-refractivity contribution in [2.75, 3.05) is 6.61 Å². The van der Waals surface area contributed by atoms with Crippen molar-refractivity contribution in [3.05, 3.63) is 48.0 Å². The van der Waals surface area contributed by atoms with Gasteiger partial charge in [0.2, 0.25) is 0 Å². The van der Waals surface area contributed by atoms with Crippen molar-refractivity contribution in [3.63, 3.8) is 0 Å². The lowest BCUT2D eigenvalue weighted by Gasteiger charge is -2.38. The number of aliphatic hydroxyl groups excluding tert-OH is 1. The molecule has 1 unspecified atom stereocenters. The summed E-state index contributed by atoms with van der Waals surface area (Å²) in [6.07, 6.45) is 3.88. The molecule has 1 aromatic rings. The van der Waals surface area contributed by atoms with E-state index in [4.69, 9.17) is 9.47 Å². The zero-order valence-corrected chi connectivity index (χ0v) is 9.53. The zero-order chi connectivity index (χ0) is 11.7. The second kappa shape index (κ2) is 4.61. The highest BCUT2D eigenvalue weighted by Crippen LogP contribution is 2.33. The van der Waals surface area contributed by atoms with Gasteiger partial charge >= 0.3 is 0 Å². The molecule has 1 aliphatic carbocycles. The third-order valence-corrected chi connectivity index (χ3v) is 3.34. The molecule has 90 valence electrons. The first kappa shape index (κ1) is 11.0. The second-order valence-electron chi connectivity index (χ2n) is 4.60. The van der Waals surface area contributed by atoms with E-state index in [1.165, 1.54) is 0 Å². The van der Waals surface area contributed by atoms with Crippen molar-refractivity contribution in [1.29, 1.82) is 0 Å². The molecule has 1 N–H and O–H groups in total. The molecule has 3 heteroatoms. The summed E-state index contributed by atoms with van der Waals surface area (Å²) >= 11 is 0. The number of hydrogen-bond acceptors (Lipinski definition) is 3. The van der Waals surface area contributed by atoms with Gasteiger partial charge in [-0.05, 0) is 0 Å². The SMILES string of the molecule is O[C@@H]1C=C[C@@H]2COC(c3ccccc3)O[C@H]2C1. The van der Waals surface area contributed by atoms with Crippen LogP contribution in [0.15, 0.2) is 42.5 Å². The Balaban J connectivity index is 1.74. The third-order valence-electron chi connectivity index (χ3n) is 3.34. The van der Waals surface area contributed by atoms with Crippen LogP contribution in [0.25, 0.3) is 0 Å². The fourth-order valence-electron chi connectivity index (χ4n) is 2.39. The molecule has 1 heterocycles. The maximum Gasteiger partial charge on any atom is 0.184 e. The minimum Gasteiger partial charge on any atom is -0.389 e. The van der Waals surface area contributed by atoms with E-state index in [0.29, 0.717) is 13.0 Å². The number of ether oxygens (including phenoxy) is 2. The molecule has 0 amide bonds. The van der Waals surface area contributed by atoms with E-state index in [1.54, 1.807) is 0 Å². The lowest BCUT2D eigenvalue weighted by Crippen LogP contribution is -2.39. The van der Waals surface area contributed by atoms with Gasteiger partial charge < -0.3 is 14.6 Å². The Hall–Kier alpha value is -1.16. The van der Waals surface area contributed by atoms with Crippen molar-refractivity contribution in [1.82, 2.24) is 0 Å². The standard InChI is InChI=1S/C14H16O3/c15-12-7-6-11-9-16-14(17-13(11)8-12)10-4-2-1-3-5-10/h1-7,11-15H,8-9H2/t11-,12-,13+,14?/m1/s1. The Kier molecular flexibility index (Phi) is 2.97. The Bertz CT molecular complexity index is 401. The minimum absolute atomic E-state index is 0.0638. The molecule has 17 heavy (non-hydrogen) atoms. The highest BCUT2D eigenvalue weighted by atomic mass is 16.7. The summed E-state index contributed by atoms with van der Waals surface area (Å²) in [5.74, 6) is 0.276. The number of aliphatic hydroxyl groups is 1. The first-order valence-electron chi connectivity index (χ1n) is 6.01. The lowest BCUT2D eigenvalue weighted by molar-refractivity contribution is -0.239. The molecule has 3 nitrogen and oxygen atoms in total. The van der Waals surface area contributed by atoms with Crippen molar-refractivity contribution in [2.24, 2.45) is 5.92 Å². The first-order valence-corrected chi connectivity index (χ1v) is 6.01.